The van der Waals surface area contributed by atoms with E-state index in [-0.39, 0.29) is 6.04 Å². The zero-order chi connectivity index (χ0) is 14.0. The second-order valence-electron chi connectivity index (χ2n) is 5.30. The van der Waals surface area contributed by atoms with Gasteiger partial charge >= 0.3 is 0 Å². The summed E-state index contributed by atoms with van der Waals surface area (Å²) in [6.07, 6.45) is 10.1. The summed E-state index contributed by atoms with van der Waals surface area (Å²) in [6, 6.07) is 0.188. The van der Waals surface area contributed by atoms with Gasteiger partial charge in [-0.2, -0.15) is 0 Å². The number of aliphatic hydroxyl groups excluding tert-OH is 1. The summed E-state index contributed by atoms with van der Waals surface area (Å²) in [5.74, 6) is 0.375. The fourth-order valence-corrected chi connectivity index (χ4v) is 2.42. The van der Waals surface area contributed by atoms with Crippen molar-refractivity contribution in [2.24, 2.45) is 11.7 Å². The van der Waals surface area contributed by atoms with Gasteiger partial charge in [0.15, 0.2) is 0 Å². The van der Waals surface area contributed by atoms with Crippen molar-refractivity contribution in [1.82, 2.24) is 0 Å². The van der Waals surface area contributed by atoms with Gasteiger partial charge in [0, 0.05) is 6.04 Å². The molecule has 2 heteroatoms. The average molecular weight is 253 g/mol. The van der Waals surface area contributed by atoms with E-state index < -0.39 is 0 Å². The van der Waals surface area contributed by atoms with E-state index in [0.717, 1.165) is 19.1 Å². The quantitative estimate of drug-likeness (QED) is 0.355. The molecule has 2 nitrogen and oxygen atoms in total. The lowest BCUT2D eigenvalue weighted by Gasteiger charge is -2.25. The fourth-order valence-electron chi connectivity index (χ4n) is 2.42. The molecule has 1 unspecified atom stereocenters. The zero-order valence-electron chi connectivity index (χ0n) is 12.6. The predicted molar refractivity (Wildman–Crippen MR) is 80.7 cm³/mol. The van der Waals surface area contributed by atoms with E-state index in [9.17, 15) is 0 Å². The van der Waals surface area contributed by atoms with Gasteiger partial charge in [-0.15, -0.1) is 0 Å². The maximum Gasteiger partial charge on any atom is 0.0794 e. The number of unbranched alkanes of at least 4 members (excludes halogenated alkanes) is 3. The van der Waals surface area contributed by atoms with Crippen LogP contribution in [0.1, 0.15) is 66.2 Å². The molecule has 0 rings (SSSR count). The van der Waals surface area contributed by atoms with E-state index in [1.165, 1.54) is 36.8 Å². The molecule has 0 heterocycles. The fraction of sp³-hybridized carbons (Fsp3) is 0.750. The lowest BCUT2D eigenvalue weighted by atomic mass is 9.83. The van der Waals surface area contributed by atoms with E-state index in [2.05, 4.69) is 27.7 Å². The van der Waals surface area contributed by atoms with Crippen LogP contribution < -0.4 is 5.73 Å². The Bertz CT molecular complexity index is 264. The lowest BCUT2D eigenvalue weighted by molar-refractivity contribution is 0.418. The summed E-state index contributed by atoms with van der Waals surface area (Å²) in [7, 11) is 0. The van der Waals surface area contributed by atoms with Crippen LogP contribution in [-0.2, 0) is 0 Å². The van der Waals surface area contributed by atoms with Crippen molar-refractivity contribution in [2.75, 3.05) is 0 Å². The number of nitrogens with two attached hydrogens (primary N) is 1. The molecule has 3 N–H and O–H groups in total. The third kappa shape index (κ3) is 6.25. The second-order valence-corrected chi connectivity index (χ2v) is 5.30. The van der Waals surface area contributed by atoms with E-state index in [0.29, 0.717) is 5.92 Å². The van der Waals surface area contributed by atoms with Gasteiger partial charge in [-0.25, -0.2) is 0 Å². The summed E-state index contributed by atoms with van der Waals surface area (Å²) in [6.45, 7) is 8.55. The van der Waals surface area contributed by atoms with Gasteiger partial charge in [0.25, 0.3) is 0 Å². The minimum atomic E-state index is 0.188. The van der Waals surface area contributed by atoms with Crippen LogP contribution in [0.15, 0.2) is 23.5 Å². The third-order valence-corrected chi connectivity index (χ3v) is 3.59. The molecule has 0 aromatic rings. The molecule has 0 aliphatic heterocycles. The second kappa shape index (κ2) is 10.2. The molecular formula is C16H31NO. The standard InChI is InChI=1S/C16H31NO/c1-5-7-8-9-10-15(16(17)6-2)14(11-12-18)13(3)4/h11-12,15-16,18H,5-10,17H2,1-4H3/b12-11+/t15?,16-/m0/s1. The first-order chi connectivity index (χ1) is 8.58. The van der Waals surface area contributed by atoms with Crippen molar-refractivity contribution in [3.8, 4) is 0 Å². The van der Waals surface area contributed by atoms with E-state index in [4.69, 9.17) is 10.8 Å². The Morgan fingerprint density at radius 3 is 2.28 bits per heavy atom. The van der Waals surface area contributed by atoms with Gasteiger partial charge in [0.1, 0.15) is 0 Å². The van der Waals surface area contributed by atoms with Gasteiger partial charge in [0.2, 0.25) is 0 Å². The Morgan fingerprint density at radius 1 is 1.17 bits per heavy atom. The van der Waals surface area contributed by atoms with Gasteiger partial charge < -0.3 is 10.8 Å². The minimum absolute atomic E-state index is 0.188. The predicted octanol–water partition coefficient (Wildman–Crippen LogP) is 4.72. The number of hydrogen-bond acceptors (Lipinski definition) is 2. The normalized spacial score (nSPS) is 14.7. The van der Waals surface area contributed by atoms with Crippen LogP contribution in [0.2, 0.25) is 0 Å². The average Bonchev–Trinajstić information content (AvgIpc) is 2.36. The van der Waals surface area contributed by atoms with Crippen LogP contribution in [-0.4, -0.2) is 11.1 Å². The van der Waals surface area contributed by atoms with Crippen molar-refractivity contribution >= 4 is 0 Å². The van der Waals surface area contributed by atoms with Crippen LogP contribution in [0.25, 0.3) is 0 Å². The highest BCUT2D eigenvalue weighted by Crippen LogP contribution is 2.26. The van der Waals surface area contributed by atoms with Gasteiger partial charge in [-0.05, 0) is 44.3 Å². The van der Waals surface area contributed by atoms with Gasteiger partial charge in [0.05, 0.1) is 6.26 Å². The topological polar surface area (TPSA) is 46.2 Å². The molecule has 18 heavy (non-hydrogen) atoms. The Kier molecular flexibility index (Phi) is 9.76. The molecule has 0 aromatic heterocycles. The molecule has 0 aliphatic carbocycles. The smallest absolute Gasteiger partial charge is 0.0794 e. The van der Waals surface area contributed by atoms with Crippen LogP contribution in [0.3, 0.4) is 0 Å². The molecule has 0 amide bonds. The number of hydrogen-bond donors (Lipinski definition) is 2. The highest BCUT2D eigenvalue weighted by Gasteiger charge is 2.19. The molecule has 0 saturated heterocycles. The number of allylic oxidation sites excluding steroid dienone is 2. The Labute approximate surface area is 113 Å². The summed E-state index contributed by atoms with van der Waals surface area (Å²) >= 11 is 0. The van der Waals surface area contributed by atoms with Crippen LogP contribution in [0.5, 0.6) is 0 Å². The van der Waals surface area contributed by atoms with E-state index in [1.807, 2.05) is 6.08 Å². The van der Waals surface area contributed by atoms with Gasteiger partial charge in [-0.1, -0.05) is 45.1 Å². The molecule has 0 saturated carbocycles. The SMILES string of the molecule is CCCCCCC(C(/C=C/O)=C(C)C)[C@@H](N)CC. The summed E-state index contributed by atoms with van der Waals surface area (Å²) in [4.78, 5) is 0. The first kappa shape index (κ1) is 17.2. The Morgan fingerprint density at radius 2 is 1.83 bits per heavy atom. The molecule has 0 spiro atoms. The molecule has 0 aromatic carbocycles. The zero-order valence-corrected chi connectivity index (χ0v) is 12.6. The molecule has 0 bridgehead atoms. The van der Waals surface area contributed by atoms with Crippen LogP contribution >= 0.6 is 0 Å². The third-order valence-electron chi connectivity index (χ3n) is 3.59. The van der Waals surface area contributed by atoms with Crippen LogP contribution in [0, 0.1) is 5.92 Å². The summed E-state index contributed by atoms with van der Waals surface area (Å²) in [5.41, 5.74) is 8.72. The molecule has 0 aliphatic rings. The molecule has 106 valence electrons. The first-order valence-corrected chi connectivity index (χ1v) is 7.32. The number of aliphatic hydroxyl groups is 1. The maximum atomic E-state index is 9.04. The molecule has 0 radical (unpaired) electrons. The van der Waals surface area contributed by atoms with Crippen LogP contribution in [0.4, 0.5) is 0 Å². The largest absolute Gasteiger partial charge is 0.516 e. The Balaban J connectivity index is 4.70. The first-order valence-electron chi connectivity index (χ1n) is 7.32. The molecular weight excluding hydrogens is 222 g/mol. The minimum Gasteiger partial charge on any atom is -0.516 e. The Hall–Kier alpha value is -0.760. The highest BCUT2D eigenvalue weighted by atomic mass is 16.2. The van der Waals surface area contributed by atoms with Crippen molar-refractivity contribution < 1.29 is 5.11 Å². The summed E-state index contributed by atoms with van der Waals surface area (Å²) < 4.78 is 0. The van der Waals surface area contributed by atoms with E-state index in [1.54, 1.807) is 0 Å². The lowest BCUT2D eigenvalue weighted by Crippen LogP contribution is -2.30. The summed E-state index contributed by atoms with van der Waals surface area (Å²) in [5, 5.41) is 9.04. The molecule has 2 atom stereocenters. The van der Waals surface area contributed by atoms with Gasteiger partial charge in [-0.3, -0.25) is 0 Å². The molecule has 0 fully saturated rings. The van der Waals surface area contributed by atoms with Crippen molar-refractivity contribution in [3.05, 3.63) is 23.5 Å². The van der Waals surface area contributed by atoms with E-state index >= 15 is 0 Å². The highest BCUT2D eigenvalue weighted by molar-refractivity contribution is 5.26. The van der Waals surface area contributed by atoms with Crippen molar-refractivity contribution in [3.63, 3.8) is 0 Å². The van der Waals surface area contributed by atoms with Crippen molar-refractivity contribution in [2.45, 2.75) is 72.3 Å². The maximum absolute atomic E-state index is 9.04. The number of rotatable bonds is 9. The monoisotopic (exact) mass is 253 g/mol. The van der Waals surface area contributed by atoms with Crippen molar-refractivity contribution in [1.29, 1.82) is 0 Å².